The van der Waals surface area contributed by atoms with Gasteiger partial charge < -0.3 is 5.32 Å². The number of anilines is 1. The first-order chi connectivity index (χ1) is 10.4. The molecule has 4 heteroatoms. The van der Waals surface area contributed by atoms with Gasteiger partial charge in [0.1, 0.15) is 5.66 Å². The Balaban J connectivity index is 2.23. The summed E-state index contributed by atoms with van der Waals surface area (Å²) < 4.78 is 0. The first-order valence-electron chi connectivity index (χ1n) is 8.37. The standard InChI is InChI=1S/C18H27ClNOP/c1-5-16(22(6-2)9-7-8-10-22)18(21)20-17-13(3)11-15(19)12-14(17)4/h11-12,16H,5-10H2,1-4H3/p+1. The SMILES string of the molecule is CCC(C(=O)Nc1c(C)cc(Cl)cc1C)[P+]1(CC)CCCC1. The van der Waals surface area contributed by atoms with Crippen molar-refractivity contribution in [2.45, 2.75) is 52.6 Å². The number of rotatable bonds is 5. The summed E-state index contributed by atoms with van der Waals surface area (Å²) in [7, 11) is -1.11. The van der Waals surface area contributed by atoms with Gasteiger partial charge in [0.25, 0.3) is 5.91 Å². The van der Waals surface area contributed by atoms with Crippen LogP contribution in [-0.4, -0.2) is 30.1 Å². The third-order valence-corrected chi connectivity index (χ3v) is 11.0. The predicted octanol–water partition coefficient (Wildman–Crippen LogP) is 5.51. The summed E-state index contributed by atoms with van der Waals surface area (Å²) >= 11 is 6.09. The zero-order valence-corrected chi connectivity index (χ0v) is 15.9. The summed E-state index contributed by atoms with van der Waals surface area (Å²) in [6.45, 7) is 8.47. The Bertz CT molecular complexity index is 529. The fraction of sp³-hybridized carbons (Fsp3) is 0.611. The quantitative estimate of drug-likeness (QED) is 0.704. The molecule has 22 heavy (non-hydrogen) atoms. The average molecular weight is 341 g/mol. The van der Waals surface area contributed by atoms with Gasteiger partial charge in [0.15, 0.2) is 0 Å². The molecule has 1 aliphatic rings. The summed E-state index contributed by atoms with van der Waals surface area (Å²) in [5, 5.41) is 3.95. The van der Waals surface area contributed by atoms with E-state index in [0.29, 0.717) is 0 Å². The second-order valence-electron chi connectivity index (χ2n) is 6.52. The maximum absolute atomic E-state index is 13.0. The topological polar surface area (TPSA) is 29.1 Å². The molecule has 1 aliphatic heterocycles. The fourth-order valence-corrected chi connectivity index (χ4v) is 9.24. The number of benzene rings is 1. The molecule has 1 saturated heterocycles. The lowest BCUT2D eigenvalue weighted by atomic mass is 10.1. The van der Waals surface area contributed by atoms with Crippen LogP contribution in [-0.2, 0) is 4.79 Å². The fourth-order valence-electron chi connectivity index (χ4n) is 3.95. The summed E-state index contributed by atoms with van der Waals surface area (Å²) in [5.74, 6) is 0.230. The third-order valence-electron chi connectivity index (χ3n) is 5.18. The van der Waals surface area contributed by atoms with Crippen LogP contribution in [0.1, 0.15) is 44.2 Å². The molecule has 2 rings (SSSR count). The molecule has 1 N–H and O–H groups in total. The van der Waals surface area contributed by atoms with E-state index in [0.717, 1.165) is 28.3 Å². The molecule has 1 heterocycles. The molecule has 1 aromatic rings. The second kappa shape index (κ2) is 7.32. The highest BCUT2D eigenvalue weighted by Gasteiger charge is 2.49. The number of amides is 1. The summed E-state index contributed by atoms with van der Waals surface area (Å²) in [6.07, 6.45) is 7.38. The molecule has 1 amide bonds. The normalized spacial score (nSPS) is 18.2. The highest BCUT2D eigenvalue weighted by molar-refractivity contribution is 7.77. The van der Waals surface area contributed by atoms with Gasteiger partial charge in [0.2, 0.25) is 0 Å². The van der Waals surface area contributed by atoms with Crippen LogP contribution in [0.25, 0.3) is 0 Å². The van der Waals surface area contributed by atoms with Gasteiger partial charge in [-0.05, 0) is 63.3 Å². The lowest BCUT2D eigenvalue weighted by Crippen LogP contribution is -2.32. The van der Waals surface area contributed by atoms with Crippen LogP contribution in [0.3, 0.4) is 0 Å². The molecule has 0 radical (unpaired) electrons. The Hall–Kier alpha value is -0.590. The van der Waals surface area contributed by atoms with Crippen molar-refractivity contribution in [3.8, 4) is 0 Å². The number of carbonyl (C=O) groups excluding carboxylic acids is 1. The molecule has 122 valence electrons. The first-order valence-corrected chi connectivity index (χ1v) is 11.2. The minimum Gasteiger partial charge on any atom is -0.322 e. The van der Waals surface area contributed by atoms with Crippen LogP contribution in [0.5, 0.6) is 0 Å². The van der Waals surface area contributed by atoms with Crippen molar-refractivity contribution in [2.75, 3.05) is 23.8 Å². The molecule has 0 spiro atoms. The molecular weight excluding hydrogens is 313 g/mol. The van der Waals surface area contributed by atoms with E-state index in [1.54, 1.807) is 0 Å². The molecule has 1 fully saturated rings. The third kappa shape index (κ3) is 3.49. The van der Waals surface area contributed by atoms with Gasteiger partial charge in [0, 0.05) is 18.0 Å². The van der Waals surface area contributed by atoms with Crippen molar-refractivity contribution in [3.63, 3.8) is 0 Å². The van der Waals surface area contributed by atoms with Gasteiger partial charge in [-0.2, -0.15) is 0 Å². The van der Waals surface area contributed by atoms with Crippen molar-refractivity contribution < 1.29 is 4.79 Å². The van der Waals surface area contributed by atoms with Gasteiger partial charge in [0.05, 0.1) is 18.5 Å². The van der Waals surface area contributed by atoms with Gasteiger partial charge >= 0.3 is 0 Å². The smallest absolute Gasteiger partial charge is 0.265 e. The molecule has 0 aromatic heterocycles. The van der Waals surface area contributed by atoms with Gasteiger partial charge in [-0.1, -0.05) is 18.5 Å². The monoisotopic (exact) mass is 340 g/mol. The van der Waals surface area contributed by atoms with Crippen LogP contribution in [0, 0.1) is 13.8 Å². The van der Waals surface area contributed by atoms with Crippen molar-refractivity contribution in [3.05, 3.63) is 28.3 Å². The molecule has 0 bridgehead atoms. The maximum Gasteiger partial charge on any atom is 0.265 e. The number of hydrogen-bond acceptors (Lipinski definition) is 1. The predicted molar refractivity (Wildman–Crippen MR) is 100 cm³/mol. The molecule has 0 aliphatic carbocycles. The number of nitrogens with one attached hydrogen (secondary N) is 1. The van der Waals surface area contributed by atoms with E-state index in [4.69, 9.17) is 11.6 Å². The van der Waals surface area contributed by atoms with Crippen LogP contribution in [0.2, 0.25) is 5.02 Å². The first kappa shape index (κ1) is 17.8. The van der Waals surface area contributed by atoms with E-state index in [-0.39, 0.29) is 11.6 Å². The molecule has 1 aromatic carbocycles. The number of carbonyl (C=O) groups is 1. The van der Waals surface area contributed by atoms with Gasteiger partial charge in [-0.15, -0.1) is 0 Å². The summed E-state index contributed by atoms with van der Waals surface area (Å²) in [4.78, 5) is 13.0. The van der Waals surface area contributed by atoms with Gasteiger partial charge in [-0.25, -0.2) is 0 Å². The largest absolute Gasteiger partial charge is 0.322 e. The maximum atomic E-state index is 13.0. The highest BCUT2D eigenvalue weighted by Crippen LogP contribution is 2.68. The minimum atomic E-state index is -1.11. The Morgan fingerprint density at radius 2 is 1.77 bits per heavy atom. The van der Waals surface area contributed by atoms with Gasteiger partial charge in [-0.3, -0.25) is 4.79 Å². The minimum absolute atomic E-state index is 0.217. The summed E-state index contributed by atoms with van der Waals surface area (Å²) in [5.41, 5.74) is 3.25. The van der Waals surface area contributed by atoms with Crippen molar-refractivity contribution >= 4 is 30.5 Å². The van der Waals surface area contributed by atoms with Crippen LogP contribution in [0.4, 0.5) is 5.69 Å². The number of hydrogen-bond donors (Lipinski definition) is 1. The molecule has 2 nitrogen and oxygen atoms in total. The van der Waals surface area contributed by atoms with E-state index >= 15 is 0 Å². The zero-order valence-electron chi connectivity index (χ0n) is 14.2. The Kier molecular flexibility index (Phi) is 5.91. The van der Waals surface area contributed by atoms with Crippen molar-refractivity contribution in [1.29, 1.82) is 0 Å². The number of halogens is 1. The molecule has 1 unspecified atom stereocenters. The summed E-state index contributed by atoms with van der Waals surface area (Å²) in [6, 6.07) is 3.84. The highest BCUT2D eigenvalue weighted by atomic mass is 35.5. The molecular formula is C18H28ClNOP+. The Labute approximate surface area is 140 Å². The Morgan fingerprint density at radius 3 is 2.23 bits per heavy atom. The lowest BCUT2D eigenvalue weighted by molar-refractivity contribution is -0.115. The zero-order chi connectivity index (χ0) is 16.3. The van der Waals surface area contributed by atoms with E-state index in [1.165, 1.54) is 31.3 Å². The van der Waals surface area contributed by atoms with Crippen molar-refractivity contribution in [1.82, 2.24) is 0 Å². The van der Waals surface area contributed by atoms with E-state index in [9.17, 15) is 4.79 Å². The Morgan fingerprint density at radius 1 is 1.23 bits per heavy atom. The lowest BCUT2D eigenvalue weighted by Gasteiger charge is -2.29. The molecule has 1 atom stereocenters. The van der Waals surface area contributed by atoms with E-state index in [1.807, 2.05) is 26.0 Å². The number of aryl methyl sites for hydroxylation is 2. The van der Waals surface area contributed by atoms with Crippen LogP contribution in [0.15, 0.2) is 12.1 Å². The van der Waals surface area contributed by atoms with Crippen LogP contribution < -0.4 is 5.32 Å². The second-order valence-corrected chi connectivity index (χ2v) is 11.5. The molecule has 0 saturated carbocycles. The van der Waals surface area contributed by atoms with Crippen LogP contribution >= 0.6 is 18.9 Å². The van der Waals surface area contributed by atoms with Crippen molar-refractivity contribution in [2.24, 2.45) is 0 Å². The van der Waals surface area contributed by atoms with E-state index < -0.39 is 7.26 Å². The average Bonchev–Trinajstić information content (AvgIpc) is 2.93. The van der Waals surface area contributed by atoms with E-state index in [2.05, 4.69) is 19.2 Å².